The second kappa shape index (κ2) is 4.37. The Hall–Kier alpha value is -0.970. The molecule has 0 spiro atoms. The first-order valence-corrected chi connectivity index (χ1v) is 6.21. The van der Waals surface area contributed by atoms with Gasteiger partial charge in [0.05, 0.1) is 5.02 Å². The predicted molar refractivity (Wildman–Crippen MR) is 69.1 cm³/mol. The van der Waals surface area contributed by atoms with Crippen LogP contribution in [-0.4, -0.2) is 31.2 Å². The molecule has 1 aliphatic rings. The van der Waals surface area contributed by atoms with Crippen LogP contribution in [0, 0.1) is 0 Å². The Bertz CT molecular complexity index is 549. The zero-order chi connectivity index (χ0) is 11.8. The van der Waals surface area contributed by atoms with Gasteiger partial charge in [-0.1, -0.05) is 23.2 Å². The van der Waals surface area contributed by atoms with Crippen molar-refractivity contribution >= 4 is 40.3 Å². The average molecular weight is 272 g/mol. The zero-order valence-electron chi connectivity index (χ0n) is 9.04. The van der Waals surface area contributed by atoms with E-state index in [-0.39, 0.29) is 0 Å². The van der Waals surface area contributed by atoms with Crippen molar-refractivity contribution in [1.29, 1.82) is 0 Å². The van der Waals surface area contributed by atoms with Crippen LogP contribution in [0.15, 0.2) is 16.5 Å². The summed E-state index contributed by atoms with van der Waals surface area (Å²) in [6, 6.07) is 4.03. The summed E-state index contributed by atoms with van der Waals surface area (Å²) in [5.74, 6) is 0. The SMILES string of the molecule is Clc1cc(Cl)c2nc(N3CCNCC3)oc2c1. The van der Waals surface area contributed by atoms with Gasteiger partial charge in [0.25, 0.3) is 6.01 Å². The molecule has 0 aliphatic carbocycles. The lowest BCUT2D eigenvalue weighted by Crippen LogP contribution is -2.43. The maximum atomic E-state index is 6.08. The Morgan fingerprint density at radius 3 is 2.76 bits per heavy atom. The second-order valence-electron chi connectivity index (χ2n) is 3.97. The zero-order valence-corrected chi connectivity index (χ0v) is 10.6. The molecule has 90 valence electrons. The third kappa shape index (κ3) is 2.08. The number of fused-ring (bicyclic) bond motifs is 1. The van der Waals surface area contributed by atoms with Gasteiger partial charge in [-0.15, -0.1) is 0 Å². The molecule has 4 nitrogen and oxygen atoms in total. The van der Waals surface area contributed by atoms with Crippen LogP contribution in [-0.2, 0) is 0 Å². The largest absolute Gasteiger partial charge is 0.423 e. The van der Waals surface area contributed by atoms with E-state index in [0.29, 0.717) is 27.2 Å². The monoisotopic (exact) mass is 271 g/mol. The quantitative estimate of drug-likeness (QED) is 0.866. The molecule has 0 atom stereocenters. The lowest BCUT2D eigenvalue weighted by molar-refractivity contribution is 0.517. The number of halogens is 2. The molecular formula is C11H11Cl2N3O. The molecule has 1 fully saturated rings. The fourth-order valence-electron chi connectivity index (χ4n) is 1.94. The van der Waals surface area contributed by atoms with Crippen molar-refractivity contribution in [3.05, 3.63) is 22.2 Å². The number of benzene rings is 1. The fourth-order valence-corrected chi connectivity index (χ4v) is 2.45. The van der Waals surface area contributed by atoms with Crippen LogP contribution >= 0.6 is 23.2 Å². The molecule has 0 unspecified atom stereocenters. The molecule has 0 bridgehead atoms. The molecule has 2 heterocycles. The molecule has 1 N–H and O–H groups in total. The lowest BCUT2D eigenvalue weighted by atomic mass is 10.3. The van der Waals surface area contributed by atoms with E-state index in [9.17, 15) is 0 Å². The number of anilines is 1. The van der Waals surface area contributed by atoms with Gasteiger partial charge in [0.1, 0.15) is 5.52 Å². The average Bonchev–Trinajstić information content (AvgIpc) is 2.74. The minimum atomic E-state index is 0.526. The van der Waals surface area contributed by atoms with E-state index in [2.05, 4.69) is 15.2 Å². The van der Waals surface area contributed by atoms with Crippen molar-refractivity contribution in [2.24, 2.45) is 0 Å². The van der Waals surface area contributed by atoms with E-state index in [1.54, 1.807) is 12.1 Å². The number of nitrogens with one attached hydrogen (secondary N) is 1. The van der Waals surface area contributed by atoms with Crippen molar-refractivity contribution in [3.8, 4) is 0 Å². The van der Waals surface area contributed by atoms with Crippen LogP contribution in [0.2, 0.25) is 10.0 Å². The first-order chi connectivity index (χ1) is 8.24. The predicted octanol–water partition coefficient (Wildman–Crippen LogP) is 2.54. The molecule has 6 heteroatoms. The summed E-state index contributed by atoms with van der Waals surface area (Å²) in [7, 11) is 0. The van der Waals surface area contributed by atoms with Gasteiger partial charge < -0.3 is 14.6 Å². The fraction of sp³-hybridized carbons (Fsp3) is 0.364. The maximum Gasteiger partial charge on any atom is 0.298 e. The van der Waals surface area contributed by atoms with Crippen molar-refractivity contribution in [3.63, 3.8) is 0 Å². The Morgan fingerprint density at radius 1 is 1.24 bits per heavy atom. The van der Waals surface area contributed by atoms with Crippen molar-refractivity contribution in [2.45, 2.75) is 0 Å². The van der Waals surface area contributed by atoms with Crippen molar-refractivity contribution < 1.29 is 4.42 Å². The van der Waals surface area contributed by atoms with E-state index in [4.69, 9.17) is 27.6 Å². The number of piperazine rings is 1. The van der Waals surface area contributed by atoms with Gasteiger partial charge in [0.15, 0.2) is 5.58 Å². The molecule has 1 aromatic heterocycles. The van der Waals surface area contributed by atoms with E-state index in [1.165, 1.54) is 0 Å². The molecule has 2 aromatic rings. The van der Waals surface area contributed by atoms with Crippen LogP contribution < -0.4 is 10.2 Å². The second-order valence-corrected chi connectivity index (χ2v) is 4.81. The van der Waals surface area contributed by atoms with Gasteiger partial charge >= 0.3 is 0 Å². The minimum Gasteiger partial charge on any atom is -0.423 e. The summed E-state index contributed by atoms with van der Waals surface area (Å²) in [6.07, 6.45) is 0. The van der Waals surface area contributed by atoms with Crippen LogP contribution in [0.5, 0.6) is 0 Å². The van der Waals surface area contributed by atoms with E-state index < -0.39 is 0 Å². The van der Waals surface area contributed by atoms with Crippen molar-refractivity contribution in [2.75, 3.05) is 31.1 Å². The summed E-state index contributed by atoms with van der Waals surface area (Å²) in [4.78, 5) is 6.52. The number of aromatic nitrogens is 1. The molecule has 1 saturated heterocycles. The van der Waals surface area contributed by atoms with Crippen LogP contribution in [0.25, 0.3) is 11.1 Å². The summed E-state index contributed by atoms with van der Waals surface area (Å²) in [5.41, 5.74) is 1.31. The molecule has 1 aliphatic heterocycles. The molecular weight excluding hydrogens is 261 g/mol. The minimum absolute atomic E-state index is 0.526. The van der Waals surface area contributed by atoms with E-state index in [1.807, 2.05) is 0 Å². The standard InChI is InChI=1S/C11H11Cl2N3O/c12-7-5-8(13)10-9(6-7)17-11(15-10)16-3-1-14-2-4-16/h5-6,14H,1-4H2. The third-order valence-corrected chi connectivity index (χ3v) is 3.30. The molecule has 3 rings (SSSR count). The highest BCUT2D eigenvalue weighted by molar-refractivity contribution is 6.38. The highest BCUT2D eigenvalue weighted by Gasteiger charge is 2.17. The molecule has 0 saturated carbocycles. The van der Waals surface area contributed by atoms with E-state index >= 15 is 0 Å². The van der Waals surface area contributed by atoms with Crippen LogP contribution in [0.4, 0.5) is 6.01 Å². The number of nitrogens with zero attached hydrogens (tertiary/aromatic N) is 2. The summed E-state index contributed by atoms with van der Waals surface area (Å²) in [5, 5.41) is 4.37. The summed E-state index contributed by atoms with van der Waals surface area (Å²) in [6.45, 7) is 3.65. The summed E-state index contributed by atoms with van der Waals surface area (Å²) < 4.78 is 5.69. The van der Waals surface area contributed by atoms with Gasteiger partial charge in [-0.25, -0.2) is 0 Å². The lowest BCUT2D eigenvalue weighted by Gasteiger charge is -2.25. The van der Waals surface area contributed by atoms with Gasteiger partial charge in [0.2, 0.25) is 0 Å². The first-order valence-electron chi connectivity index (χ1n) is 5.45. The Labute approximate surface area is 108 Å². The first kappa shape index (κ1) is 11.1. The Kier molecular flexibility index (Phi) is 2.86. The highest BCUT2D eigenvalue weighted by atomic mass is 35.5. The smallest absolute Gasteiger partial charge is 0.298 e. The Balaban J connectivity index is 2.03. The number of rotatable bonds is 1. The molecule has 17 heavy (non-hydrogen) atoms. The normalized spacial score (nSPS) is 16.7. The van der Waals surface area contributed by atoms with Gasteiger partial charge in [-0.05, 0) is 6.07 Å². The van der Waals surface area contributed by atoms with Gasteiger partial charge in [-0.3, -0.25) is 0 Å². The number of oxazole rings is 1. The molecule has 0 radical (unpaired) electrons. The van der Waals surface area contributed by atoms with Gasteiger partial charge in [0, 0.05) is 37.3 Å². The van der Waals surface area contributed by atoms with Crippen molar-refractivity contribution in [1.82, 2.24) is 10.3 Å². The number of hydrogen-bond donors (Lipinski definition) is 1. The number of hydrogen-bond acceptors (Lipinski definition) is 4. The maximum absolute atomic E-state index is 6.08. The summed E-state index contributed by atoms with van der Waals surface area (Å²) >= 11 is 12.0. The van der Waals surface area contributed by atoms with Gasteiger partial charge in [-0.2, -0.15) is 4.98 Å². The molecule has 0 amide bonds. The Morgan fingerprint density at radius 2 is 2.00 bits per heavy atom. The highest BCUT2D eigenvalue weighted by Crippen LogP contribution is 2.30. The third-order valence-electron chi connectivity index (χ3n) is 2.79. The topological polar surface area (TPSA) is 41.3 Å². The van der Waals surface area contributed by atoms with Crippen LogP contribution in [0.1, 0.15) is 0 Å². The molecule has 1 aromatic carbocycles. The van der Waals surface area contributed by atoms with Crippen LogP contribution in [0.3, 0.4) is 0 Å². The van der Waals surface area contributed by atoms with E-state index in [0.717, 1.165) is 26.2 Å².